The zero-order chi connectivity index (χ0) is 13.8. The van der Waals surface area contributed by atoms with Crippen molar-refractivity contribution in [3.63, 3.8) is 0 Å². The highest BCUT2D eigenvalue weighted by atomic mass is 16.1. The van der Waals surface area contributed by atoms with Gasteiger partial charge in [-0.1, -0.05) is 30.7 Å². The molecule has 2 heteroatoms. The highest BCUT2D eigenvalue weighted by molar-refractivity contribution is 5.96. The van der Waals surface area contributed by atoms with E-state index >= 15 is 0 Å². The summed E-state index contributed by atoms with van der Waals surface area (Å²) in [5.41, 5.74) is 3.32. The first-order valence-electron chi connectivity index (χ1n) is 7.35. The Hall–Kier alpha value is -1.96. The second-order valence-corrected chi connectivity index (χ2v) is 5.54. The molecule has 102 valence electrons. The van der Waals surface area contributed by atoms with Crippen LogP contribution >= 0.6 is 0 Å². The fourth-order valence-corrected chi connectivity index (χ4v) is 2.66. The second kappa shape index (κ2) is 6.00. The molecular weight excluding hydrogens is 246 g/mol. The SMILES string of the molecule is O=C(CCc1cccnc1)c1cccc(C2CCC2)c1. The smallest absolute Gasteiger partial charge is 0.163 e. The number of nitrogens with zero attached hydrogens (tertiary/aromatic N) is 1. The maximum Gasteiger partial charge on any atom is 0.163 e. The van der Waals surface area contributed by atoms with E-state index in [0.717, 1.165) is 17.5 Å². The van der Waals surface area contributed by atoms with E-state index in [1.54, 1.807) is 6.20 Å². The maximum absolute atomic E-state index is 12.3. The Morgan fingerprint density at radius 1 is 1.20 bits per heavy atom. The van der Waals surface area contributed by atoms with Crippen LogP contribution < -0.4 is 0 Å². The molecule has 0 unspecified atom stereocenters. The van der Waals surface area contributed by atoms with Gasteiger partial charge in [-0.05, 0) is 48.4 Å². The molecule has 0 aliphatic heterocycles. The Bertz CT molecular complexity index is 587. The number of pyridine rings is 1. The average Bonchev–Trinajstić information content (AvgIpc) is 2.44. The van der Waals surface area contributed by atoms with Crippen molar-refractivity contribution in [3.8, 4) is 0 Å². The minimum atomic E-state index is 0.232. The Balaban J connectivity index is 1.64. The summed E-state index contributed by atoms with van der Waals surface area (Å²) in [4.78, 5) is 16.4. The first-order chi connectivity index (χ1) is 9.83. The maximum atomic E-state index is 12.3. The van der Waals surface area contributed by atoms with Gasteiger partial charge in [-0.15, -0.1) is 0 Å². The first-order valence-corrected chi connectivity index (χ1v) is 7.35. The number of carbonyl (C=O) groups is 1. The van der Waals surface area contributed by atoms with E-state index in [0.29, 0.717) is 12.3 Å². The Labute approximate surface area is 119 Å². The highest BCUT2D eigenvalue weighted by Crippen LogP contribution is 2.36. The topological polar surface area (TPSA) is 30.0 Å². The van der Waals surface area contributed by atoms with E-state index in [4.69, 9.17) is 0 Å². The predicted octanol–water partition coefficient (Wildman–Crippen LogP) is 4.16. The molecular formula is C18H19NO. The summed E-state index contributed by atoms with van der Waals surface area (Å²) >= 11 is 0. The lowest BCUT2D eigenvalue weighted by Crippen LogP contribution is -2.10. The number of hydrogen-bond acceptors (Lipinski definition) is 2. The zero-order valence-corrected chi connectivity index (χ0v) is 11.6. The number of ketones is 1. The van der Waals surface area contributed by atoms with Crippen molar-refractivity contribution in [1.82, 2.24) is 4.98 Å². The van der Waals surface area contributed by atoms with Gasteiger partial charge in [0.05, 0.1) is 0 Å². The third-order valence-electron chi connectivity index (χ3n) is 4.15. The largest absolute Gasteiger partial charge is 0.294 e. The fourth-order valence-electron chi connectivity index (χ4n) is 2.66. The quantitative estimate of drug-likeness (QED) is 0.760. The first kappa shape index (κ1) is 13.0. The highest BCUT2D eigenvalue weighted by Gasteiger charge is 2.20. The number of Topliss-reactive ketones (excluding diaryl/α,β-unsaturated/α-hetero) is 1. The van der Waals surface area contributed by atoms with Gasteiger partial charge in [-0.2, -0.15) is 0 Å². The van der Waals surface area contributed by atoms with Crippen LogP contribution in [0.25, 0.3) is 0 Å². The molecule has 3 rings (SSSR count). The monoisotopic (exact) mass is 265 g/mol. The molecule has 20 heavy (non-hydrogen) atoms. The lowest BCUT2D eigenvalue weighted by Gasteiger charge is -2.26. The molecule has 0 saturated heterocycles. The number of carbonyl (C=O) groups excluding carboxylic acids is 1. The van der Waals surface area contributed by atoms with Gasteiger partial charge in [0.2, 0.25) is 0 Å². The second-order valence-electron chi connectivity index (χ2n) is 5.54. The molecule has 1 fully saturated rings. The summed E-state index contributed by atoms with van der Waals surface area (Å²) in [6, 6.07) is 12.1. The molecule has 0 spiro atoms. The lowest BCUT2D eigenvalue weighted by molar-refractivity contribution is 0.0982. The summed E-state index contributed by atoms with van der Waals surface area (Å²) in [5, 5.41) is 0. The standard InChI is InChI=1S/C18H19NO/c20-18(10-9-14-4-3-11-19-13-14)17-8-2-7-16(12-17)15-5-1-6-15/h2-4,7-8,11-13,15H,1,5-6,9-10H2. The van der Waals surface area contributed by atoms with Crippen LogP contribution in [0.2, 0.25) is 0 Å². The van der Waals surface area contributed by atoms with E-state index in [9.17, 15) is 4.79 Å². The van der Waals surface area contributed by atoms with Crippen molar-refractivity contribution in [3.05, 3.63) is 65.5 Å². The van der Waals surface area contributed by atoms with Crippen LogP contribution in [0.3, 0.4) is 0 Å². The minimum Gasteiger partial charge on any atom is -0.294 e. The van der Waals surface area contributed by atoms with Crippen LogP contribution in [-0.4, -0.2) is 10.8 Å². The molecule has 1 aromatic heterocycles. The van der Waals surface area contributed by atoms with Crippen molar-refractivity contribution in [2.24, 2.45) is 0 Å². The van der Waals surface area contributed by atoms with Gasteiger partial charge in [0.15, 0.2) is 5.78 Å². The Kier molecular flexibility index (Phi) is 3.91. The van der Waals surface area contributed by atoms with Crippen LogP contribution in [0.4, 0.5) is 0 Å². The summed E-state index contributed by atoms with van der Waals surface area (Å²) in [5.74, 6) is 0.913. The number of aromatic nitrogens is 1. The van der Waals surface area contributed by atoms with E-state index in [2.05, 4.69) is 17.1 Å². The van der Waals surface area contributed by atoms with Crippen LogP contribution in [0, 0.1) is 0 Å². The minimum absolute atomic E-state index is 0.232. The number of aryl methyl sites for hydroxylation is 1. The summed E-state index contributed by atoms with van der Waals surface area (Å²) < 4.78 is 0. The van der Waals surface area contributed by atoms with Crippen LogP contribution in [0.5, 0.6) is 0 Å². The molecule has 1 heterocycles. The third kappa shape index (κ3) is 2.96. The van der Waals surface area contributed by atoms with E-state index in [1.165, 1.54) is 24.8 Å². The molecule has 1 aromatic carbocycles. The predicted molar refractivity (Wildman–Crippen MR) is 79.9 cm³/mol. The Morgan fingerprint density at radius 2 is 2.10 bits per heavy atom. The van der Waals surface area contributed by atoms with Crippen molar-refractivity contribution < 1.29 is 4.79 Å². The normalized spacial score (nSPS) is 14.8. The van der Waals surface area contributed by atoms with E-state index < -0.39 is 0 Å². The van der Waals surface area contributed by atoms with Gasteiger partial charge < -0.3 is 0 Å². The van der Waals surface area contributed by atoms with Gasteiger partial charge >= 0.3 is 0 Å². The van der Waals surface area contributed by atoms with E-state index in [-0.39, 0.29) is 5.78 Å². The van der Waals surface area contributed by atoms with Gasteiger partial charge in [0, 0.05) is 24.4 Å². The molecule has 0 bridgehead atoms. The molecule has 0 atom stereocenters. The molecule has 1 saturated carbocycles. The summed E-state index contributed by atoms with van der Waals surface area (Å²) in [6.45, 7) is 0. The van der Waals surface area contributed by atoms with Gasteiger partial charge in [0.25, 0.3) is 0 Å². The van der Waals surface area contributed by atoms with Crippen molar-refractivity contribution in [1.29, 1.82) is 0 Å². The van der Waals surface area contributed by atoms with Crippen molar-refractivity contribution >= 4 is 5.78 Å². The van der Waals surface area contributed by atoms with Crippen LogP contribution in [0.15, 0.2) is 48.8 Å². The zero-order valence-electron chi connectivity index (χ0n) is 11.6. The summed E-state index contributed by atoms with van der Waals surface area (Å²) in [7, 11) is 0. The Morgan fingerprint density at radius 3 is 2.80 bits per heavy atom. The number of hydrogen-bond donors (Lipinski definition) is 0. The molecule has 2 nitrogen and oxygen atoms in total. The number of rotatable bonds is 5. The molecule has 0 radical (unpaired) electrons. The molecule has 1 aliphatic carbocycles. The molecule has 0 amide bonds. The third-order valence-corrected chi connectivity index (χ3v) is 4.15. The van der Waals surface area contributed by atoms with Crippen LogP contribution in [-0.2, 0) is 6.42 Å². The summed E-state index contributed by atoms with van der Waals surface area (Å²) in [6.07, 6.45) is 8.77. The average molecular weight is 265 g/mol. The molecule has 1 aliphatic rings. The molecule has 2 aromatic rings. The lowest BCUT2D eigenvalue weighted by atomic mass is 9.79. The van der Waals surface area contributed by atoms with Gasteiger partial charge in [-0.25, -0.2) is 0 Å². The van der Waals surface area contributed by atoms with Crippen LogP contribution in [0.1, 0.15) is 53.1 Å². The molecule has 0 N–H and O–H groups in total. The van der Waals surface area contributed by atoms with Crippen molar-refractivity contribution in [2.75, 3.05) is 0 Å². The fraction of sp³-hybridized carbons (Fsp3) is 0.333. The van der Waals surface area contributed by atoms with Gasteiger partial charge in [0.1, 0.15) is 0 Å². The van der Waals surface area contributed by atoms with Gasteiger partial charge in [-0.3, -0.25) is 9.78 Å². The van der Waals surface area contributed by atoms with Crippen molar-refractivity contribution in [2.45, 2.75) is 38.0 Å². The number of benzene rings is 1. The van der Waals surface area contributed by atoms with E-state index in [1.807, 2.05) is 30.5 Å².